The van der Waals surface area contributed by atoms with Crippen LogP contribution in [0.4, 0.5) is 34.1 Å². The number of nitrogens with zero attached hydrogens (tertiary/aromatic N) is 2. The molecule has 15 rings (SSSR count). The van der Waals surface area contributed by atoms with Crippen LogP contribution in [0.3, 0.4) is 0 Å². The number of para-hydroxylation sites is 2. The first-order chi connectivity index (χ1) is 38.8. The summed E-state index contributed by atoms with van der Waals surface area (Å²) in [6, 6.07) is 55.6. The van der Waals surface area contributed by atoms with Crippen LogP contribution in [0, 0.1) is 19.3 Å². The first-order valence-electron chi connectivity index (χ1n) is 31.2. The molecule has 82 heavy (non-hydrogen) atoms. The highest BCUT2D eigenvalue weighted by atomic mass is 16.3. The van der Waals surface area contributed by atoms with Gasteiger partial charge in [0, 0.05) is 50.0 Å². The maximum Gasteiger partial charge on any atom is 0.252 e. The molecule has 0 spiro atoms. The lowest BCUT2D eigenvalue weighted by Gasteiger charge is -2.49. The van der Waals surface area contributed by atoms with Gasteiger partial charge in [-0.05, 0) is 205 Å². The highest BCUT2D eigenvalue weighted by Crippen LogP contribution is 2.67. The summed E-state index contributed by atoms with van der Waals surface area (Å²) in [5, 5.41) is 2.30. The van der Waals surface area contributed by atoms with E-state index in [0.29, 0.717) is 5.92 Å². The minimum atomic E-state index is -0.223. The molecule has 0 saturated heterocycles. The fourth-order valence-corrected chi connectivity index (χ4v) is 18.5. The Balaban J connectivity index is 0.979. The number of fused-ring (bicyclic) bond motifs is 13. The summed E-state index contributed by atoms with van der Waals surface area (Å²) in [6.45, 7) is 36.8. The van der Waals surface area contributed by atoms with Crippen molar-refractivity contribution in [1.29, 1.82) is 0 Å². The van der Waals surface area contributed by atoms with Crippen LogP contribution in [0.1, 0.15) is 201 Å². The summed E-state index contributed by atoms with van der Waals surface area (Å²) < 4.78 is 7.10. The van der Waals surface area contributed by atoms with Crippen molar-refractivity contribution in [2.45, 2.75) is 187 Å². The monoisotopic (exact) mass is 1070 g/mol. The van der Waals surface area contributed by atoms with E-state index >= 15 is 0 Å². The molecular formula is C78H83BN2O. The molecule has 3 nitrogen and oxygen atoms in total. The Hall–Kier alpha value is -6.78. The van der Waals surface area contributed by atoms with E-state index in [0.717, 1.165) is 46.9 Å². The number of furan rings is 1. The minimum Gasteiger partial charge on any atom is -0.454 e. The maximum absolute atomic E-state index is 7.10. The second-order valence-corrected chi connectivity index (χ2v) is 30.4. The number of aryl methyl sites for hydroxylation is 3. The molecule has 0 N–H and O–H groups in total. The Morgan fingerprint density at radius 3 is 1.87 bits per heavy atom. The van der Waals surface area contributed by atoms with E-state index in [9.17, 15) is 0 Å². The SMILES string of the molecule is Cc1cc2c3c(c1)N(c1cccc4c1oc1ccccc14)c1cc(CCC4c5ccc(C(C)(C)C)cc5C5(C)CCCCC45C)ccc1B3c1cc3c(cc1N2c1cc2c(cc1C)C(C)(C)CC2(C)C)C(C)(C)c1ccccc1C3(C)C. The van der Waals surface area contributed by atoms with Gasteiger partial charge in [0.15, 0.2) is 5.58 Å². The predicted octanol–water partition coefficient (Wildman–Crippen LogP) is 19.1. The largest absolute Gasteiger partial charge is 0.454 e. The topological polar surface area (TPSA) is 19.6 Å². The van der Waals surface area contributed by atoms with Gasteiger partial charge in [0.2, 0.25) is 0 Å². The van der Waals surface area contributed by atoms with Crippen molar-refractivity contribution < 1.29 is 4.42 Å². The Kier molecular flexibility index (Phi) is 10.8. The molecule has 8 aromatic carbocycles. The number of hydrogen-bond donors (Lipinski definition) is 0. The molecule has 2 aliphatic heterocycles. The lowest BCUT2D eigenvalue weighted by molar-refractivity contribution is 0.0763. The third-order valence-corrected chi connectivity index (χ3v) is 22.8. The van der Waals surface area contributed by atoms with Crippen molar-refractivity contribution in [2.75, 3.05) is 9.80 Å². The standard InChI is InChI=1S/C78H83BN2O/c1-46-37-67-70-68(38-46)81(64-43-58-57(39-47(64)2)73(6,7)45-74(58,8)9)66-44-60-59(75(10,11)54-25-17-18-26-55(54)76(60,12)13)42-62(66)79(70)61-34-30-48(40-65(61)80(67)63-27-22-24-51-50-23-16-19-28-69(50)82-71(51)63)29-33-53-52-32-31-49(72(3,4)5)41-56(52)78(15)36-21-20-35-77(53,78)14/h16-19,22-28,30-32,34,37-44,53H,20-21,29,33,35-36,45H2,1-15H3. The molecular weight excluding hydrogens is 992 g/mol. The van der Waals surface area contributed by atoms with E-state index in [4.69, 9.17) is 4.42 Å². The van der Waals surface area contributed by atoms with E-state index in [1.165, 1.54) is 126 Å². The third-order valence-electron chi connectivity index (χ3n) is 22.8. The normalized spacial score (nSPS) is 22.7. The van der Waals surface area contributed by atoms with Crippen LogP contribution in [0.15, 0.2) is 144 Å². The first-order valence-corrected chi connectivity index (χ1v) is 31.2. The number of benzene rings is 8. The van der Waals surface area contributed by atoms with Crippen molar-refractivity contribution in [3.8, 4) is 0 Å². The van der Waals surface area contributed by atoms with Crippen LogP contribution in [-0.4, -0.2) is 6.71 Å². The quantitative estimate of drug-likeness (QED) is 0.160. The van der Waals surface area contributed by atoms with Crippen LogP contribution in [0.5, 0.6) is 0 Å². The molecule has 4 aliphatic carbocycles. The smallest absolute Gasteiger partial charge is 0.252 e. The lowest BCUT2D eigenvalue weighted by Crippen LogP contribution is -2.62. The van der Waals surface area contributed by atoms with Crippen LogP contribution in [0.2, 0.25) is 0 Å². The second kappa shape index (κ2) is 17.0. The van der Waals surface area contributed by atoms with Crippen molar-refractivity contribution in [3.05, 3.63) is 206 Å². The van der Waals surface area contributed by atoms with Gasteiger partial charge >= 0.3 is 0 Å². The summed E-state index contributed by atoms with van der Waals surface area (Å²) in [7, 11) is 0. The molecule has 1 saturated carbocycles. The fourth-order valence-electron chi connectivity index (χ4n) is 18.5. The van der Waals surface area contributed by atoms with Gasteiger partial charge in [0.1, 0.15) is 5.58 Å². The molecule has 6 aliphatic rings. The van der Waals surface area contributed by atoms with Gasteiger partial charge in [-0.1, -0.05) is 200 Å². The minimum absolute atomic E-state index is 0.0286. The van der Waals surface area contributed by atoms with Crippen LogP contribution in [0.25, 0.3) is 21.9 Å². The van der Waals surface area contributed by atoms with Gasteiger partial charge in [-0.3, -0.25) is 0 Å². The molecule has 3 unspecified atom stereocenters. The summed E-state index contributed by atoms with van der Waals surface area (Å²) in [5.41, 5.74) is 30.9. The molecule has 3 heterocycles. The van der Waals surface area contributed by atoms with Crippen LogP contribution < -0.4 is 26.2 Å². The van der Waals surface area contributed by atoms with Gasteiger partial charge in [-0.15, -0.1) is 0 Å². The zero-order chi connectivity index (χ0) is 57.2. The highest BCUT2D eigenvalue weighted by molar-refractivity contribution is 7.00. The van der Waals surface area contributed by atoms with Crippen LogP contribution >= 0.6 is 0 Å². The zero-order valence-electron chi connectivity index (χ0n) is 51.7. The Labute approximate surface area is 489 Å². The Morgan fingerprint density at radius 1 is 0.524 bits per heavy atom. The van der Waals surface area contributed by atoms with Crippen molar-refractivity contribution in [2.24, 2.45) is 5.41 Å². The summed E-state index contributed by atoms with van der Waals surface area (Å²) >= 11 is 0. The van der Waals surface area contributed by atoms with Gasteiger partial charge in [0.05, 0.1) is 5.69 Å². The van der Waals surface area contributed by atoms with E-state index in [-0.39, 0.29) is 44.6 Å². The number of hydrogen-bond acceptors (Lipinski definition) is 3. The van der Waals surface area contributed by atoms with Crippen molar-refractivity contribution >= 4 is 79.2 Å². The molecule has 3 atom stereocenters. The third kappa shape index (κ3) is 6.96. The summed E-state index contributed by atoms with van der Waals surface area (Å²) in [6.07, 6.45) is 8.45. The van der Waals surface area contributed by atoms with Gasteiger partial charge in [-0.2, -0.15) is 0 Å². The maximum atomic E-state index is 7.10. The van der Waals surface area contributed by atoms with Gasteiger partial charge in [-0.25, -0.2) is 0 Å². The van der Waals surface area contributed by atoms with Crippen molar-refractivity contribution in [1.82, 2.24) is 0 Å². The predicted molar refractivity (Wildman–Crippen MR) is 349 cm³/mol. The molecule has 0 amide bonds. The molecule has 1 aromatic heterocycles. The molecule has 0 radical (unpaired) electrons. The summed E-state index contributed by atoms with van der Waals surface area (Å²) in [4.78, 5) is 5.36. The summed E-state index contributed by atoms with van der Waals surface area (Å²) in [5.74, 6) is 0.489. The first kappa shape index (κ1) is 52.1. The zero-order valence-corrected chi connectivity index (χ0v) is 51.7. The number of anilines is 6. The molecule has 414 valence electrons. The molecule has 0 bridgehead atoms. The molecule has 4 heteroatoms. The second-order valence-electron chi connectivity index (χ2n) is 30.4. The molecule has 9 aromatic rings. The van der Waals surface area contributed by atoms with Crippen LogP contribution in [-0.2, 0) is 38.9 Å². The van der Waals surface area contributed by atoms with E-state index < -0.39 is 0 Å². The average Bonchev–Trinajstić information content (AvgIpc) is 4.11. The lowest BCUT2D eigenvalue weighted by atomic mass is 9.33. The van der Waals surface area contributed by atoms with E-state index in [2.05, 4.69) is 253 Å². The van der Waals surface area contributed by atoms with Gasteiger partial charge in [0.25, 0.3) is 6.71 Å². The van der Waals surface area contributed by atoms with E-state index in [1.54, 1.807) is 11.1 Å². The molecule has 1 fully saturated rings. The van der Waals surface area contributed by atoms with E-state index in [1.807, 2.05) is 0 Å². The van der Waals surface area contributed by atoms with Gasteiger partial charge < -0.3 is 14.2 Å². The van der Waals surface area contributed by atoms with Crippen molar-refractivity contribution in [3.63, 3.8) is 0 Å². The Morgan fingerprint density at radius 2 is 1.15 bits per heavy atom. The fraction of sp³-hybridized carbons (Fsp3) is 0.385. The Bertz CT molecular complexity index is 4230. The highest BCUT2D eigenvalue weighted by Gasteiger charge is 2.58. The number of rotatable bonds is 5. The average molecular weight is 1080 g/mol.